The Bertz CT molecular complexity index is 243. The first-order chi connectivity index (χ1) is 5.96. The Kier molecular flexibility index (Phi) is 1.71. The average Bonchev–Trinajstić information content (AvgIpc) is 2.87. The number of rotatable bonds is 3. The van der Waals surface area contributed by atoms with Crippen molar-refractivity contribution in [3.63, 3.8) is 0 Å². The maximum Gasteiger partial charge on any atom is 0.312 e. The first-order valence-electron chi connectivity index (χ1n) is 4.74. The van der Waals surface area contributed by atoms with Gasteiger partial charge < -0.3 is 9.47 Å². The van der Waals surface area contributed by atoms with E-state index >= 15 is 0 Å². The zero-order chi connectivity index (χ0) is 9.69. The minimum Gasteiger partial charge on any atom is -0.462 e. The molecule has 3 heteroatoms. The third kappa shape index (κ3) is 1.46. The molecule has 2 atom stereocenters. The van der Waals surface area contributed by atoms with Gasteiger partial charge >= 0.3 is 5.97 Å². The van der Waals surface area contributed by atoms with E-state index in [1.54, 1.807) is 0 Å². The highest BCUT2D eigenvalue weighted by Crippen LogP contribution is 2.63. The van der Waals surface area contributed by atoms with Gasteiger partial charge in [-0.05, 0) is 18.8 Å². The molecule has 74 valence electrons. The van der Waals surface area contributed by atoms with Gasteiger partial charge in [0.25, 0.3) is 0 Å². The van der Waals surface area contributed by atoms with Crippen LogP contribution in [-0.4, -0.2) is 25.3 Å². The Morgan fingerprint density at radius 3 is 2.46 bits per heavy atom. The van der Waals surface area contributed by atoms with Crippen LogP contribution in [0.25, 0.3) is 0 Å². The van der Waals surface area contributed by atoms with Gasteiger partial charge in [-0.2, -0.15) is 0 Å². The summed E-state index contributed by atoms with van der Waals surface area (Å²) in [4.78, 5) is 11.6. The standard InChI is InChI=1S/C10H16O3/c1-9(2)6-10(9,3)8(11)13-5-7-4-12-7/h7H,4-6H2,1-3H3. The van der Waals surface area contributed by atoms with Crippen LogP contribution in [0.1, 0.15) is 27.2 Å². The second kappa shape index (κ2) is 2.47. The molecule has 0 spiro atoms. The summed E-state index contributed by atoms with van der Waals surface area (Å²) in [5.74, 6) is -0.0620. The Labute approximate surface area is 78.4 Å². The van der Waals surface area contributed by atoms with Crippen molar-refractivity contribution >= 4 is 5.97 Å². The Morgan fingerprint density at radius 2 is 2.08 bits per heavy atom. The molecule has 0 bridgehead atoms. The second-order valence-electron chi connectivity index (χ2n) is 4.95. The maximum atomic E-state index is 11.6. The van der Waals surface area contributed by atoms with Crippen LogP contribution >= 0.6 is 0 Å². The first kappa shape index (κ1) is 9.00. The van der Waals surface area contributed by atoms with Gasteiger partial charge in [0, 0.05) is 0 Å². The number of carbonyl (C=O) groups excluding carboxylic acids is 1. The highest BCUT2D eigenvalue weighted by molar-refractivity contribution is 5.81. The van der Waals surface area contributed by atoms with Gasteiger partial charge in [-0.25, -0.2) is 0 Å². The highest BCUT2D eigenvalue weighted by Gasteiger charge is 2.63. The van der Waals surface area contributed by atoms with Crippen molar-refractivity contribution in [2.75, 3.05) is 13.2 Å². The zero-order valence-electron chi connectivity index (χ0n) is 8.42. The summed E-state index contributed by atoms with van der Waals surface area (Å²) in [5.41, 5.74) is -0.129. The number of hydrogen-bond donors (Lipinski definition) is 0. The van der Waals surface area contributed by atoms with E-state index in [9.17, 15) is 4.79 Å². The van der Waals surface area contributed by atoms with E-state index in [4.69, 9.17) is 9.47 Å². The molecule has 2 fully saturated rings. The van der Waals surface area contributed by atoms with Gasteiger partial charge in [-0.1, -0.05) is 13.8 Å². The molecule has 0 amide bonds. The lowest BCUT2D eigenvalue weighted by Crippen LogP contribution is -2.22. The van der Waals surface area contributed by atoms with Crippen LogP contribution in [0.4, 0.5) is 0 Å². The van der Waals surface area contributed by atoms with Crippen LogP contribution < -0.4 is 0 Å². The molecular formula is C10H16O3. The molecule has 1 aliphatic heterocycles. The summed E-state index contributed by atoms with van der Waals surface area (Å²) >= 11 is 0. The van der Waals surface area contributed by atoms with E-state index in [1.807, 2.05) is 6.92 Å². The van der Waals surface area contributed by atoms with Gasteiger partial charge in [0.05, 0.1) is 12.0 Å². The predicted molar refractivity (Wildman–Crippen MR) is 47.2 cm³/mol. The van der Waals surface area contributed by atoms with E-state index in [2.05, 4.69) is 13.8 Å². The molecule has 1 aliphatic carbocycles. The topological polar surface area (TPSA) is 38.8 Å². The summed E-state index contributed by atoms with van der Waals surface area (Å²) in [7, 11) is 0. The molecule has 1 heterocycles. The summed E-state index contributed by atoms with van der Waals surface area (Å²) < 4.78 is 10.1. The molecule has 0 aromatic carbocycles. The van der Waals surface area contributed by atoms with Crippen molar-refractivity contribution in [3.8, 4) is 0 Å². The largest absolute Gasteiger partial charge is 0.462 e. The molecule has 2 rings (SSSR count). The van der Waals surface area contributed by atoms with E-state index in [0.29, 0.717) is 6.61 Å². The molecule has 1 saturated carbocycles. The Balaban J connectivity index is 1.83. The summed E-state index contributed by atoms with van der Waals surface area (Å²) in [6.45, 7) is 7.35. The molecule has 0 aromatic heterocycles. The fourth-order valence-electron chi connectivity index (χ4n) is 1.68. The smallest absolute Gasteiger partial charge is 0.312 e. The number of esters is 1. The molecule has 0 N–H and O–H groups in total. The molecule has 0 aromatic rings. The quantitative estimate of drug-likeness (QED) is 0.491. The summed E-state index contributed by atoms with van der Waals surface area (Å²) in [5, 5.41) is 0. The maximum absolute atomic E-state index is 11.6. The van der Waals surface area contributed by atoms with Crippen LogP contribution in [0.15, 0.2) is 0 Å². The van der Waals surface area contributed by atoms with Gasteiger partial charge in [0.2, 0.25) is 0 Å². The van der Waals surface area contributed by atoms with Gasteiger partial charge in [0.1, 0.15) is 12.7 Å². The van der Waals surface area contributed by atoms with Crippen LogP contribution in [0.5, 0.6) is 0 Å². The highest BCUT2D eigenvalue weighted by atomic mass is 16.6. The van der Waals surface area contributed by atoms with E-state index in [0.717, 1.165) is 13.0 Å². The van der Waals surface area contributed by atoms with Crippen LogP contribution in [-0.2, 0) is 14.3 Å². The number of hydrogen-bond acceptors (Lipinski definition) is 3. The average molecular weight is 184 g/mol. The van der Waals surface area contributed by atoms with Crippen LogP contribution in [0.3, 0.4) is 0 Å². The third-order valence-corrected chi connectivity index (χ3v) is 3.42. The van der Waals surface area contributed by atoms with E-state index in [-0.39, 0.29) is 22.9 Å². The number of carbonyl (C=O) groups is 1. The fraction of sp³-hybridized carbons (Fsp3) is 0.900. The van der Waals surface area contributed by atoms with Crippen LogP contribution in [0, 0.1) is 10.8 Å². The number of ether oxygens (including phenoxy) is 2. The molecular weight excluding hydrogens is 168 g/mol. The van der Waals surface area contributed by atoms with Gasteiger partial charge in [-0.15, -0.1) is 0 Å². The normalized spacial score (nSPS) is 39.8. The fourth-order valence-corrected chi connectivity index (χ4v) is 1.68. The van der Waals surface area contributed by atoms with Crippen molar-refractivity contribution in [3.05, 3.63) is 0 Å². The van der Waals surface area contributed by atoms with Crippen molar-refractivity contribution < 1.29 is 14.3 Å². The van der Waals surface area contributed by atoms with Crippen molar-refractivity contribution in [2.24, 2.45) is 10.8 Å². The van der Waals surface area contributed by atoms with Crippen molar-refractivity contribution in [1.29, 1.82) is 0 Å². The lowest BCUT2D eigenvalue weighted by Gasteiger charge is -2.12. The minimum absolute atomic E-state index is 0.0620. The van der Waals surface area contributed by atoms with Gasteiger partial charge in [-0.3, -0.25) is 4.79 Å². The molecule has 1 saturated heterocycles. The van der Waals surface area contributed by atoms with Gasteiger partial charge in [0.15, 0.2) is 0 Å². The molecule has 13 heavy (non-hydrogen) atoms. The molecule has 2 aliphatic rings. The first-order valence-corrected chi connectivity index (χ1v) is 4.74. The van der Waals surface area contributed by atoms with Crippen molar-refractivity contribution in [2.45, 2.75) is 33.3 Å². The van der Waals surface area contributed by atoms with Crippen molar-refractivity contribution in [1.82, 2.24) is 0 Å². The Morgan fingerprint density at radius 1 is 1.54 bits per heavy atom. The predicted octanol–water partition coefficient (Wildman–Crippen LogP) is 1.36. The SMILES string of the molecule is CC1(C)CC1(C)C(=O)OCC1CO1. The number of epoxide rings is 1. The van der Waals surface area contributed by atoms with Crippen LogP contribution in [0.2, 0.25) is 0 Å². The lowest BCUT2D eigenvalue weighted by atomic mass is 9.99. The molecule has 3 nitrogen and oxygen atoms in total. The monoisotopic (exact) mass is 184 g/mol. The van der Waals surface area contributed by atoms with E-state index in [1.165, 1.54) is 0 Å². The minimum atomic E-state index is -0.248. The Hall–Kier alpha value is -0.570. The second-order valence-corrected chi connectivity index (χ2v) is 4.95. The zero-order valence-corrected chi connectivity index (χ0v) is 8.42. The molecule has 0 radical (unpaired) electrons. The van der Waals surface area contributed by atoms with E-state index < -0.39 is 0 Å². The third-order valence-electron chi connectivity index (χ3n) is 3.42. The molecule has 2 unspecified atom stereocenters. The summed E-state index contributed by atoms with van der Waals surface area (Å²) in [6, 6.07) is 0. The summed E-state index contributed by atoms with van der Waals surface area (Å²) in [6.07, 6.45) is 1.11. The lowest BCUT2D eigenvalue weighted by molar-refractivity contribution is -0.151.